The van der Waals surface area contributed by atoms with E-state index in [0.29, 0.717) is 20.3 Å². The molecule has 6 aromatic rings. The van der Waals surface area contributed by atoms with Crippen molar-refractivity contribution in [2.75, 3.05) is 0 Å². The smallest absolute Gasteiger partial charge is 0.266 e. The van der Waals surface area contributed by atoms with E-state index in [1.54, 1.807) is 12.1 Å². The van der Waals surface area contributed by atoms with E-state index in [2.05, 4.69) is 10.1 Å². The van der Waals surface area contributed by atoms with Crippen molar-refractivity contribution in [3.05, 3.63) is 117 Å². The van der Waals surface area contributed by atoms with Crippen molar-refractivity contribution in [1.29, 1.82) is 0 Å². The minimum atomic E-state index is -0.216. The van der Waals surface area contributed by atoms with Crippen LogP contribution in [-0.2, 0) is 0 Å². The highest BCUT2D eigenvalue weighted by Crippen LogP contribution is 2.25. The quantitative estimate of drug-likeness (QED) is 0.360. The molecule has 0 spiro atoms. The number of halogens is 1. The Morgan fingerprint density at radius 1 is 0.853 bits per heavy atom. The molecule has 6 rings (SSSR count). The summed E-state index contributed by atoms with van der Waals surface area (Å²) in [5, 5.41) is 9.83. The standard InChI is InChI=1S/C26H16ClN5OS/c27-20-11-7-10-18(14-20)24-28-26-32(30-24)25(33)22(34-26)15-19-16-31(21-12-5-2-6-13-21)29-23(19)17-8-3-1-4-9-17/h1-16H. The SMILES string of the molecule is O=c1c(=Cc2cn(-c3ccccc3)nc2-c2ccccc2)sc2nc(-c3cccc(Cl)c3)nn12. The Morgan fingerprint density at radius 3 is 2.32 bits per heavy atom. The van der Waals surface area contributed by atoms with Gasteiger partial charge in [0.1, 0.15) is 0 Å². The van der Waals surface area contributed by atoms with Gasteiger partial charge in [-0.25, -0.2) is 4.68 Å². The molecule has 0 atom stereocenters. The van der Waals surface area contributed by atoms with E-state index < -0.39 is 0 Å². The van der Waals surface area contributed by atoms with E-state index >= 15 is 0 Å². The van der Waals surface area contributed by atoms with Crippen LogP contribution in [0.15, 0.2) is 95.9 Å². The van der Waals surface area contributed by atoms with Gasteiger partial charge in [0.25, 0.3) is 5.56 Å². The Labute approximate surface area is 203 Å². The first-order chi connectivity index (χ1) is 16.7. The van der Waals surface area contributed by atoms with E-state index in [0.717, 1.165) is 28.1 Å². The number of benzene rings is 3. The van der Waals surface area contributed by atoms with Crippen LogP contribution < -0.4 is 10.1 Å². The fourth-order valence-electron chi connectivity index (χ4n) is 3.75. The summed E-state index contributed by atoms with van der Waals surface area (Å²) in [6, 6.07) is 27.1. The minimum Gasteiger partial charge on any atom is -0.266 e. The molecule has 0 N–H and O–H groups in total. The molecule has 8 heteroatoms. The normalized spacial score (nSPS) is 12.0. The van der Waals surface area contributed by atoms with Gasteiger partial charge in [-0.05, 0) is 30.3 Å². The van der Waals surface area contributed by atoms with Gasteiger partial charge in [0.2, 0.25) is 4.96 Å². The summed E-state index contributed by atoms with van der Waals surface area (Å²) in [4.78, 5) is 18.2. The molecule has 0 aliphatic carbocycles. The van der Waals surface area contributed by atoms with Crippen LogP contribution in [0.1, 0.15) is 5.56 Å². The molecule has 0 fully saturated rings. The average molecular weight is 482 g/mol. The number of fused-ring (bicyclic) bond motifs is 1. The number of thiazole rings is 1. The highest BCUT2D eigenvalue weighted by atomic mass is 35.5. The topological polar surface area (TPSA) is 65.1 Å². The third-order valence-electron chi connectivity index (χ3n) is 5.36. The van der Waals surface area contributed by atoms with Crippen molar-refractivity contribution in [3.63, 3.8) is 0 Å². The zero-order chi connectivity index (χ0) is 23.1. The number of rotatable bonds is 4. The van der Waals surface area contributed by atoms with Crippen LogP contribution in [0.5, 0.6) is 0 Å². The Balaban J connectivity index is 1.49. The zero-order valence-corrected chi connectivity index (χ0v) is 19.2. The van der Waals surface area contributed by atoms with Gasteiger partial charge in [-0.3, -0.25) is 4.79 Å². The second-order valence-corrected chi connectivity index (χ2v) is 9.08. The molecule has 164 valence electrons. The number of nitrogens with zero attached hydrogens (tertiary/aromatic N) is 5. The lowest BCUT2D eigenvalue weighted by atomic mass is 10.1. The number of para-hydroxylation sites is 1. The van der Waals surface area contributed by atoms with Crippen LogP contribution in [0.2, 0.25) is 5.02 Å². The molecule has 0 amide bonds. The molecule has 0 unspecified atom stereocenters. The van der Waals surface area contributed by atoms with Crippen molar-refractivity contribution < 1.29 is 0 Å². The van der Waals surface area contributed by atoms with E-state index in [1.807, 2.05) is 89.8 Å². The number of aromatic nitrogens is 5. The molecule has 3 aromatic carbocycles. The second kappa shape index (κ2) is 8.37. The summed E-state index contributed by atoms with van der Waals surface area (Å²) < 4.78 is 3.71. The van der Waals surface area contributed by atoms with Crippen molar-refractivity contribution in [1.82, 2.24) is 24.4 Å². The Bertz CT molecular complexity index is 1740. The Hall–Kier alpha value is -4.07. The molecule has 3 aromatic heterocycles. The summed E-state index contributed by atoms with van der Waals surface area (Å²) in [5.74, 6) is 0.472. The minimum absolute atomic E-state index is 0.216. The van der Waals surface area contributed by atoms with Gasteiger partial charge in [-0.15, -0.1) is 5.10 Å². The first-order valence-corrected chi connectivity index (χ1v) is 11.7. The molecule has 0 saturated carbocycles. The lowest BCUT2D eigenvalue weighted by molar-refractivity contribution is 0.884. The highest BCUT2D eigenvalue weighted by Gasteiger charge is 2.15. The van der Waals surface area contributed by atoms with Gasteiger partial charge in [0.15, 0.2) is 5.82 Å². The molecular formula is C26H16ClN5OS. The van der Waals surface area contributed by atoms with E-state index in [-0.39, 0.29) is 5.56 Å². The molecular weight excluding hydrogens is 466 g/mol. The predicted octanol–water partition coefficient (Wildman–Crippen LogP) is 4.87. The van der Waals surface area contributed by atoms with Crippen LogP contribution >= 0.6 is 22.9 Å². The third-order valence-corrected chi connectivity index (χ3v) is 6.56. The monoisotopic (exact) mass is 481 g/mol. The van der Waals surface area contributed by atoms with E-state index in [9.17, 15) is 4.79 Å². The first-order valence-electron chi connectivity index (χ1n) is 10.5. The first kappa shape index (κ1) is 20.5. The second-order valence-electron chi connectivity index (χ2n) is 7.64. The summed E-state index contributed by atoms with van der Waals surface area (Å²) in [6.45, 7) is 0. The Kier molecular flexibility index (Phi) is 5.05. The van der Waals surface area contributed by atoms with Crippen molar-refractivity contribution >= 4 is 34.0 Å². The zero-order valence-electron chi connectivity index (χ0n) is 17.7. The van der Waals surface area contributed by atoms with Gasteiger partial charge in [-0.1, -0.05) is 83.6 Å². The van der Waals surface area contributed by atoms with Crippen molar-refractivity contribution in [2.45, 2.75) is 0 Å². The summed E-state index contributed by atoms with van der Waals surface area (Å²) in [7, 11) is 0. The maximum absolute atomic E-state index is 13.2. The van der Waals surface area contributed by atoms with Crippen LogP contribution in [0, 0.1) is 0 Å². The molecule has 0 radical (unpaired) electrons. The lowest BCUT2D eigenvalue weighted by Crippen LogP contribution is -2.23. The van der Waals surface area contributed by atoms with E-state index in [1.165, 1.54) is 15.9 Å². The lowest BCUT2D eigenvalue weighted by Gasteiger charge is -2.00. The predicted molar refractivity (Wildman–Crippen MR) is 135 cm³/mol. The van der Waals surface area contributed by atoms with Gasteiger partial charge >= 0.3 is 0 Å². The molecule has 0 aliphatic heterocycles. The van der Waals surface area contributed by atoms with Crippen LogP contribution in [0.25, 0.3) is 39.4 Å². The third kappa shape index (κ3) is 3.71. The molecule has 0 aliphatic rings. The maximum Gasteiger partial charge on any atom is 0.291 e. The molecule has 6 nitrogen and oxygen atoms in total. The van der Waals surface area contributed by atoms with Gasteiger partial charge in [0.05, 0.1) is 15.9 Å². The van der Waals surface area contributed by atoms with Crippen molar-refractivity contribution in [2.24, 2.45) is 0 Å². The molecule has 3 heterocycles. The summed E-state index contributed by atoms with van der Waals surface area (Å²) >= 11 is 7.39. The molecule has 0 bridgehead atoms. The van der Waals surface area contributed by atoms with E-state index in [4.69, 9.17) is 16.7 Å². The number of hydrogen-bond donors (Lipinski definition) is 0. The summed E-state index contributed by atoms with van der Waals surface area (Å²) in [5.41, 5.74) is 4.10. The maximum atomic E-state index is 13.2. The van der Waals surface area contributed by atoms with Crippen molar-refractivity contribution in [3.8, 4) is 28.3 Å². The average Bonchev–Trinajstić information content (AvgIpc) is 3.56. The largest absolute Gasteiger partial charge is 0.291 e. The van der Waals surface area contributed by atoms with Crippen LogP contribution in [-0.4, -0.2) is 24.4 Å². The fourth-order valence-corrected chi connectivity index (χ4v) is 4.84. The molecule has 34 heavy (non-hydrogen) atoms. The summed E-state index contributed by atoms with van der Waals surface area (Å²) in [6.07, 6.45) is 3.79. The fraction of sp³-hybridized carbons (Fsp3) is 0. The Morgan fingerprint density at radius 2 is 1.59 bits per heavy atom. The van der Waals surface area contributed by atoms with Crippen LogP contribution in [0.4, 0.5) is 0 Å². The van der Waals surface area contributed by atoms with Gasteiger partial charge in [0, 0.05) is 27.9 Å². The number of hydrogen-bond acceptors (Lipinski definition) is 5. The molecule has 0 saturated heterocycles. The van der Waals surface area contributed by atoms with Gasteiger partial charge < -0.3 is 0 Å². The van der Waals surface area contributed by atoms with Crippen LogP contribution in [0.3, 0.4) is 0 Å². The highest BCUT2D eigenvalue weighted by molar-refractivity contribution is 7.15. The van der Waals surface area contributed by atoms with Gasteiger partial charge in [-0.2, -0.15) is 14.6 Å².